The Balaban J connectivity index is 2.73. The summed E-state index contributed by atoms with van der Waals surface area (Å²) in [5.74, 6) is -0.00493. The van der Waals surface area contributed by atoms with Crippen LogP contribution in [-0.4, -0.2) is 21.3 Å². The summed E-state index contributed by atoms with van der Waals surface area (Å²) < 4.78 is 39.3. The van der Waals surface area contributed by atoms with Gasteiger partial charge in [-0.3, -0.25) is 0 Å². The molecule has 0 saturated carbocycles. The van der Waals surface area contributed by atoms with Crippen LogP contribution in [0.25, 0.3) is 6.08 Å². The van der Waals surface area contributed by atoms with Crippen LogP contribution in [0, 0.1) is 5.82 Å². The van der Waals surface area contributed by atoms with Gasteiger partial charge in [-0.25, -0.2) is 12.8 Å². The second-order valence-electron chi connectivity index (χ2n) is 3.32. The SMILES string of the molecule is COc1ccc(F)cc1/C=C/CCS(=O)(=O)Cl. The summed E-state index contributed by atoms with van der Waals surface area (Å²) in [6, 6.07) is 4.11. The molecule has 17 heavy (non-hydrogen) atoms. The lowest BCUT2D eigenvalue weighted by Gasteiger charge is -2.04. The summed E-state index contributed by atoms with van der Waals surface area (Å²) in [6.07, 6.45) is 3.48. The molecule has 0 spiro atoms. The average molecular weight is 279 g/mol. The topological polar surface area (TPSA) is 43.4 Å². The lowest BCUT2D eigenvalue weighted by atomic mass is 10.1. The molecular weight excluding hydrogens is 267 g/mol. The molecule has 0 saturated heterocycles. The van der Waals surface area contributed by atoms with Crippen molar-refractivity contribution in [2.75, 3.05) is 12.9 Å². The van der Waals surface area contributed by atoms with Crippen LogP contribution in [-0.2, 0) is 9.05 Å². The van der Waals surface area contributed by atoms with Crippen molar-refractivity contribution in [1.29, 1.82) is 0 Å². The summed E-state index contributed by atoms with van der Waals surface area (Å²) in [7, 11) is 3.05. The van der Waals surface area contributed by atoms with Gasteiger partial charge in [0.1, 0.15) is 11.6 Å². The Hall–Kier alpha value is -1.07. The Morgan fingerprint density at radius 3 is 2.76 bits per heavy atom. The molecule has 1 rings (SSSR count). The number of ether oxygens (including phenoxy) is 1. The second-order valence-corrected chi connectivity index (χ2v) is 6.22. The summed E-state index contributed by atoms with van der Waals surface area (Å²) in [4.78, 5) is 0. The van der Waals surface area contributed by atoms with E-state index in [4.69, 9.17) is 15.4 Å². The standard InChI is InChI=1S/C11H12ClFO3S/c1-16-11-6-5-10(13)8-9(11)4-2-3-7-17(12,14)15/h2,4-6,8H,3,7H2,1H3/b4-2+. The van der Waals surface area contributed by atoms with E-state index in [0.29, 0.717) is 11.3 Å². The van der Waals surface area contributed by atoms with Crippen molar-refractivity contribution >= 4 is 25.8 Å². The van der Waals surface area contributed by atoms with Gasteiger partial charge < -0.3 is 4.74 Å². The van der Waals surface area contributed by atoms with Crippen molar-refractivity contribution in [1.82, 2.24) is 0 Å². The second kappa shape index (κ2) is 6.02. The summed E-state index contributed by atoms with van der Waals surface area (Å²) in [6.45, 7) is 0. The molecule has 0 N–H and O–H groups in total. The molecule has 1 aromatic rings. The normalized spacial score (nSPS) is 11.9. The molecule has 0 aliphatic heterocycles. The largest absolute Gasteiger partial charge is 0.496 e. The molecule has 0 heterocycles. The van der Waals surface area contributed by atoms with Crippen LogP contribution < -0.4 is 4.74 Å². The third-order valence-corrected chi connectivity index (χ3v) is 3.20. The maximum absolute atomic E-state index is 13.0. The van der Waals surface area contributed by atoms with Gasteiger partial charge in [0.2, 0.25) is 9.05 Å². The molecule has 0 aliphatic carbocycles. The molecule has 6 heteroatoms. The van der Waals surface area contributed by atoms with Crippen LogP contribution in [0.1, 0.15) is 12.0 Å². The highest BCUT2D eigenvalue weighted by Gasteiger charge is 2.03. The van der Waals surface area contributed by atoms with E-state index in [2.05, 4.69) is 0 Å². The quantitative estimate of drug-likeness (QED) is 0.778. The first-order chi connectivity index (χ1) is 7.92. The lowest BCUT2D eigenvalue weighted by Crippen LogP contribution is -1.94. The molecule has 0 atom stereocenters. The van der Waals surface area contributed by atoms with E-state index in [0.717, 1.165) is 0 Å². The van der Waals surface area contributed by atoms with Gasteiger partial charge in [0.15, 0.2) is 0 Å². The van der Waals surface area contributed by atoms with Gasteiger partial charge >= 0.3 is 0 Å². The van der Waals surface area contributed by atoms with E-state index in [-0.39, 0.29) is 18.0 Å². The van der Waals surface area contributed by atoms with E-state index < -0.39 is 9.05 Å². The summed E-state index contributed by atoms with van der Waals surface area (Å²) in [5.41, 5.74) is 0.555. The molecule has 1 aromatic carbocycles. The van der Waals surface area contributed by atoms with Gasteiger partial charge in [-0.1, -0.05) is 12.2 Å². The predicted molar refractivity (Wildman–Crippen MR) is 66.2 cm³/mol. The molecule has 3 nitrogen and oxygen atoms in total. The van der Waals surface area contributed by atoms with Gasteiger partial charge in [-0.15, -0.1) is 0 Å². The molecule has 94 valence electrons. The van der Waals surface area contributed by atoms with Crippen molar-refractivity contribution in [2.45, 2.75) is 6.42 Å². The fourth-order valence-corrected chi connectivity index (χ4v) is 1.94. The Kier molecular flexibility index (Phi) is 4.96. The zero-order valence-electron chi connectivity index (χ0n) is 9.19. The van der Waals surface area contributed by atoms with Crippen molar-refractivity contribution in [3.63, 3.8) is 0 Å². The number of methoxy groups -OCH3 is 1. The Bertz CT molecular complexity index is 511. The van der Waals surface area contributed by atoms with Crippen LogP contribution in [0.4, 0.5) is 4.39 Å². The zero-order chi connectivity index (χ0) is 12.9. The predicted octanol–water partition coefficient (Wildman–Crippen LogP) is 2.81. The molecule has 0 radical (unpaired) electrons. The first kappa shape index (κ1) is 14.0. The van der Waals surface area contributed by atoms with E-state index in [1.807, 2.05) is 0 Å². The number of allylic oxidation sites excluding steroid dienone is 1. The molecule has 0 amide bonds. The highest BCUT2D eigenvalue weighted by molar-refractivity contribution is 8.13. The monoisotopic (exact) mass is 278 g/mol. The first-order valence-corrected chi connectivity index (χ1v) is 7.32. The number of rotatable bonds is 5. The van der Waals surface area contributed by atoms with Crippen molar-refractivity contribution in [3.05, 3.63) is 35.7 Å². The minimum absolute atomic E-state index is 0.150. The van der Waals surface area contributed by atoms with Crippen molar-refractivity contribution < 1.29 is 17.5 Å². The summed E-state index contributed by atoms with van der Waals surface area (Å²) >= 11 is 0. The van der Waals surface area contributed by atoms with Gasteiger partial charge in [-0.05, 0) is 24.6 Å². The maximum atomic E-state index is 13.0. The van der Waals surface area contributed by atoms with Gasteiger partial charge in [-0.2, -0.15) is 0 Å². The maximum Gasteiger partial charge on any atom is 0.232 e. The third kappa shape index (κ3) is 5.19. The van der Waals surface area contributed by atoms with E-state index in [1.54, 1.807) is 12.2 Å². The molecule has 0 unspecified atom stereocenters. The van der Waals surface area contributed by atoms with Crippen LogP contribution in [0.5, 0.6) is 5.75 Å². The molecule has 0 aliphatic rings. The van der Waals surface area contributed by atoms with E-state index in [1.165, 1.54) is 25.3 Å². The van der Waals surface area contributed by atoms with Crippen LogP contribution in [0.2, 0.25) is 0 Å². The number of halogens is 2. The fraction of sp³-hybridized carbons (Fsp3) is 0.273. The van der Waals surface area contributed by atoms with Crippen molar-refractivity contribution in [3.8, 4) is 5.75 Å². The molecule has 0 fully saturated rings. The first-order valence-electron chi connectivity index (χ1n) is 4.85. The van der Waals surface area contributed by atoms with Crippen LogP contribution >= 0.6 is 10.7 Å². The van der Waals surface area contributed by atoms with E-state index in [9.17, 15) is 12.8 Å². The average Bonchev–Trinajstić information content (AvgIpc) is 2.23. The van der Waals surface area contributed by atoms with Gasteiger partial charge in [0.25, 0.3) is 0 Å². The van der Waals surface area contributed by atoms with Crippen LogP contribution in [0.3, 0.4) is 0 Å². The Morgan fingerprint density at radius 2 is 2.18 bits per heavy atom. The van der Waals surface area contributed by atoms with Crippen LogP contribution in [0.15, 0.2) is 24.3 Å². The smallest absolute Gasteiger partial charge is 0.232 e. The molecule has 0 bridgehead atoms. The highest BCUT2D eigenvalue weighted by Crippen LogP contribution is 2.20. The number of benzene rings is 1. The molecule has 0 aromatic heterocycles. The minimum atomic E-state index is -3.49. The van der Waals surface area contributed by atoms with Crippen molar-refractivity contribution in [2.24, 2.45) is 0 Å². The Labute approximate surface area is 104 Å². The van der Waals surface area contributed by atoms with Gasteiger partial charge in [0, 0.05) is 16.2 Å². The van der Waals surface area contributed by atoms with E-state index >= 15 is 0 Å². The number of hydrogen-bond donors (Lipinski definition) is 0. The molecular formula is C11H12ClFO3S. The Morgan fingerprint density at radius 1 is 1.47 bits per heavy atom. The number of hydrogen-bond acceptors (Lipinski definition) is 3. The van der Waals surface area contributed by atoms with Gasteiger partial charge in [0.05, 0.1) is 12.9 Å². The highest BCUT2D eigenvalue weighted by atomic mass is 35.7. The minimum Gasteiger partial charge on any atom is -0.496 e. The third-order valence-electron chi connectivity index (χ3n) is 2.02. The zero-order valence-corrected chi connectivity index (χ0v) is 10.8. The summed E-state index contributed by atoms with van der Waals surface area (Å²) in [5, 5.41) is 0. The lowest BCUT2D eigenvalue weighted by molar-refractivity contribution is 0.412. The fourth-order valence-electron chi connectivity index (χ4n) is 1.25.